The molecule has 3 rings (SSSR count). The molecule has 0 bridgehead atoms. The first-order valence-corrected chi connectivity index (χ1v) is 8.39. The minimum absolute atomic E-state index is 0.0577. The Hall–Kier alpha value is -2.29. The van der Waals surface area contributed by atoms with Crippen LogP contribution in [0.25, 0.3) is 11.0 Å². The summed E-state index contributed by atoms with van der Waals surface area (Å²) in [5, 5.41) is 2.75. The fourth-order valence-electron chi connectivity index (χ4n) is 3.05. The van der Waals surface area contributed by atoms with Gasteiger partial charge in [-0.1, -0.05) is 0 Å². The molecule has 2 amide bonds. The SMILES string of the molecule is CN(C[C@@H]1CCCO1)C(=O)NCc1nc2cc(C(F)(F)F)ccc2n1C. The van der Waals surface area contributed by atoms with E-state index in [-0.39, 0.29) is 24.2 Å². The number of ether oxygens (including phenoxy) is 1. The zero-order valence-corrected chi connectivity index (χ0v) is 14.6. The molecule has 1 fully saturated rings. The number of hydrogen-bond acceptors (Lipinski definition) is 3. The van der Waals surface area contributed by atoms with Gasteiger partial charge in [-0.25, -0.2) is 9.78 Å². The van der Waals surface area contributed by atoms with Crippen molar-refractivity contribution in [1.29, 1.82) is 0 Å². The quantitative estimate of drug-likeness (QED) is 0.900. The lowest BCUT2D eigenvalue weighted by Gasteiger charge is -2.21. The second-order valence-corrected chi connectivity index (χ2v) is 6.46. The fourth-order valence-corrected chi connectivity index (χ4v) is 3.05. The third kappa shape index (κ3) is 3.92. The smallest absolute Gasteiger partial charge is 0.376 e. The van der Waals surface area contributed by atoms with Crippen molar-refractivity contribution in [1.82, 2.24) is 19.8 Å². The number of hydrogen-bond donors (Lipinski definition) is 1. The summed E-state index contributed by atoms with van der Waals surface area (Å²) >= 11 is 0. The van der Waals surface area contributed by atoms with Gasteiger partial charge in [-0.2, -0.15) is 13.2 Å². The molecule has 1 saturated heterocycles. The lowest BCUT2D eigenvalue weighted by atomic mass is 10.2. The highest BCUT2D eigenvalue weighted by atomic mass is 19.4. The third-order valence-electron chi connectivity index (χ3n) is 4.55. The van der Waals surface area contributed by atoms with Crippen LogP contribution in [-0.4, -0.2) is 46.8 Å². The molecule has 1 N–H and O–H groups in total. The van der Waals surface area contributed by atoms with Crippen molar-refractivity contribution < 1.29 is 22.7 Å². The molecule has 9 heteroatoms. The van der Waals surface area contributed by atoms with Gasteiger partial charge in [-0.3, -0.25) is 0 Å². The number of benzene rings is 1. The van der Waals surface area contributed by atoms with Gasteiger partial charge in [0.15, 0.2) is 0 Å². The molecule has 0 aliphatic carbocycles. The van der Waals surface area contributed by atoms with Gasteiger partial charge in [0, 0.05) is 27.2 Å². The number of nitrogens with one attached hydrogen (secondary N) is 1. The van der Waals surface area contributed by atoms with Crippen molar-refractivity contribution in [2.75, 3.05) is 20.2 Å². The first kappa shape index (κ1) is 18.5. The number of likely N-dealkylation sites (N-methyl/N-ethyl adjacent to an activating group) is 1. The van der Waals surface area contributed by atoms with Crippen molar-refractivity contribution in [3.05, 3.63) is 29.6 Å². The zero-order valence-electron chi connectivity index (χ0n) is 14.6. The fraction of sp³-hybridized carbons (Fsp3) is 0.529. The highest BCUT2D eigenvalue weighted by Crippen LogP contribution is 2.31. The molecule has 1 aromatic carbocycles. The second-order valence-electron chi connectivity index (χ2n) is 6.46. The van der Waals surface area contributed by atoms with E-state index in [9.17, 15) is 18.0 Å². The number of urea groups is 1. The molecule has 0 radical (unpaired) electrons. The number of fused-ring (bicyclic) bond motifs is 1. The highest BCUT2D eigenvalue weighted by Gasteiger charge is 2.31. The molecule has 2 heterocycles. The van der Waals surface area contributed by atoms with Crippen LogP contribution in [0.15, 0.2) is 18.2 Å². The predicted molar refractivity (Wildman–Crippen MR) is 89.6 cm³/mol. The van der Waals surface area contributed by atoms with Crippen LogP contribution >= 0.6 is 0 Å². The van der Waals surface area contributed by atoms with Crippen LogP contribution in [0.1, 0.15) is 24.2 Å². The molecule has 26 heavy (non-hydrogen) atoms. The molecular weight excluding hydrogens is 349 g/mol. The maximum atomic E-state index is 12.8. The lowest BCUT2D eigenvalue weighted by molar-refractivity contribution is -0.137. The van der Waals surface area contributed by atoms with E-state index in [0.717, 1.165) is 31.6 Å². The normalized spacial score (nSPS) is 17.7. The van der Waals surface area contributed by atoms with E-state index >= 15 is 0 Å². The Labute approximate surface area is 148 Å². The summed E-state index contributed by atoms with van der Waals surface area (Å²) in [6, 6.07) is 3.16. The van der Waals surface area contributed by atoms with Crippen LogP contribution in [0.2, 0.25) is 0 Å². The number of alkyl halides is 3. The Balaban J connectivity index is 1.66. The highest BCUT2D eigenvalue weighted by molar-refractivity contribution is 5.77. The number of amides is 2. The van der Waals surface area contributed by atoms with Crippen LogP contribution in [0.5, 0.6) is 0 Å². The predicted octanol–water partition coefficient (Wildman–Crippen LogP) is 2.91. The van der Waals surface area contributed by atoms with E-state index in [1.807, 2.05) is 0 Å². The summed E-state index contributed by atoms with van der Waals surface area (Å²) in [6.45, 7) is 1.35. The minimum Gasteiger partial charge on any atom is -0.376 e. The number of carbonyl (C=O) groups is 1. The van der Waals surface area contributed by atoms with Crippen LogP contribution in [0.3, 0.4) is 0 Å². The van der Waals surface area contributed by atoms with E-state index in [0.29, 0.717) is 17.9 Å². The van der Waals surface area contributed by atoms with Crippen molar-refractivity contribution in [2.45, 2.75) is 31.7 Å². The Morgan fingerprint density at radius 1 is 1.46 bits per heavy atom. The third-order valence-corrected chi connectivity index (χ3v) is 4.55. The van der Waals surface area contributed by atoms with Crippen molar-refractivity contribution in [2.24, 2.45) is 7.05 Å². The van der Waals surface area contributed by atoms with Crippen LogP contribution in [-0.2, 0) is 24.5 Å². The average Bonchev–Trinajstić information content (AvgIpc) is 3.19. The first-order chi connectivity index (χ1) is 12.3. The summed E-state index contributed by atoms with van der Waals surface area (Å²) in [7, 11) is 3.39. The van der Waals surface area contributed by atoms with Gasteiger partial charge in [-0.05, 0) is 31.0 Å². The van der Waals surface area contributed by atoms with E-state index in [2.05, 4.69) is 10.3 Å². The molecular formula is C17H21F3N4O2. The standard InChI is InChI=1S/C17H21F3N4O2/c1-23(10-12-4-3-7-26-12)16(25)21-9-15-22-13-8-11(17(18,19)20)5-6-14(13)24(15)2/h5-6,8,12H,3-4,7,9-10H2,1-2H3,(H,21,25)/t12-/m0/s1. The molecule has 0 spiro atoms. The average molecular weight is 370 g/mol. The zero-order chi connectivity index (χ0) is 18.9. The largest absolute Gasteiger partial charge is 0.416 e. The molecule has 0 saturated carbocycles. The monoisotopic (exact) mass is 370 g/mol. The number of rotatable bonds is 4. The van der Waals surface area contributed by atoms with Crippen LogP contribution < -0.4 is 5.32 Å². The Kier molecular flexibility index (Phi) is 5.08. The number of carbonyl (C=O) groups excluding carboxylic acids is 1. The maximum Gasteiger partial charge on any atom is 0.416 e. The number of halogens is 3. The van der Waals surface area contributed by atoms with Gasteiger partial charge in [0.25, 0.3) is 0 Å². The molecule has 2 aromatic rings. The lowest BCUT2D eigenvalue weighted by Crippen LogP contribution is -2.41. The van der Waals surface area contributed by atoms with Gasteiger partial charge in [-0.15, -0.1) is 0 Å². The van der Waals surface area contributed by atoms with Crippen molar-refractivity contribution >= 4 is 17.1 Å². The van der Waals surface area contributed by atoms with E-state index in [1.54, 1.807) is 23.6 Å². The summed E-state index contributed by atoms with van der Waals surface area (Å²) < 4.78 is 45.7. The topological polar surface area (TPSA) is 59.4 Å². The van der Waals surface area contributed by atoms with Gasteiger partial charge < -0.3 is 19.5 Å². The molecule has 1 aromatic heterocycles. The number of imidazole rings is 1. The number of aryl methyl sites for hydroxylation is 1. The molecule has 1 aliphatic rings. The van der Waals surface area contributed by atoms with Gasteiger partial charge >= 0.3 is 12.2 Å². The van der Waals surface area contributed by atoms with Gasteiger partial charge in [0.1, 0.15) is 5.82 Å². The summed E-state index contributed by atoms with van der Waals surface area (Å²) in [5.41, 5.74) is 0.0872. The van der Waals surface area contributed by atoms with E-state index in [4.69, 9.17) is 4.74 Å². The van der Waals surface area contributed by atoms with Crippen LogP contribution in [0, 0.1) is 0 Å². The molecule has 142 valence electrons. The number of nitrogens with zero attached hydrogens (tertiary/aromatic N) is 3. The van der Waals surface area contributed by atoms with Crippen LogP contribution in [0.4, 0.5) is 18.0 Å². The molecule has 1 aliphatic heterocycles. The summed E-state index contributed by atoms with van der Waals surface area (Å²) in [5.74, 6) is 0.484. The Morgan fingerprint density at radius 3 is 2.88 bits per heavy atom. The summed E-state index contributed by atoms with van der Waals surface area (Å²) in [6.07, 6.45) is -2.42. The van der Waals surface area contributed by atoms with Crippen molar-refractivity contribution in [3.63, 3.8) is 0 Å². The molecule has 0 unspecified atom stereocenters. The second kappa shape index (κ2) is 7.14. The van der Waals surface area contributed by atoms with E-state index < -0.39 is 11.7 Å². The molecule has 1 atom stereocenters. The maximum absolute atomic E-state index is 12.8. The van der Waals surface area contributed by atoms with E-state index in [1.165, 1.54) is 6.07 Å². The first-order valence-electron chi connectivity index (χ1n) is 8.39. The Bertz CT molecular complexity index is 797. The van der Waals surface area contributed by atoms with Crippen molar-refractivity contribution in [3.8, 4) is 0 Å². The molecule has 6 nitrogen and oxygen atoms in total. The van der Waals surface area contributed by atoms with Gasteiger partial charge in [0.2, 0.25) is 0 Å². The Morgan fingerprint density at radius 2 is 2.23 bits per heavy atom. The van der Waals surface area contributed by atoms with Gasteiger partial charge in [0.05, 0.1) is 29.2 Å². The number of aromatic nitrogens is 2. The minimum atomic E-state index is -4.41. The summed E-state index contributed by atoms with van der Waals surface area (Å²) in [4.78, 5) is 18.0.